The first-order valence-corrected chi connectivity index (χ1v) is 5.80. The predicted octanol–water partition coefficient (Wildman–Crippen LogP) is 2.55. The summed E-state index contributed by atoms with van der Waals surface area (Å²) in [4.78, 5) is 4.49. The Morgan fingerprint density at radius 2 is 2.22 bits per heavy atom. The lowest BCUT2D eigenvalue weighted by atomic mass is 10.1. The van der Waals surface area contributed by atoms with Gasteiger partial charge >= 0.3 is 0 Å². The summed E-state index contributed by atoms with van der Waals surface area (Å²) < 4.78 is 5.06. The van der Waals surface area contributed by atoms with Crippen LogP contribution in [0.25, 0.3) is 10.9 Å². The normalized spacial score (nSPS) is 12.1. The average molecular weight is 241 g/mol. The number of hydrogen-bond donors (Lipinski definition) is 1. The van der Waals surface area contributed by atoms with Crippen molar-refractivity contribution in [3.8, 4) is 6.07 Å². The second-order valence-electron chi connectivity index (χ2n) is 4.18. The smallest absolute Gasteiger partial charge is 0.128 e. The number of fused-ring (bicyclic) bond motifs is 1. The zero-order valence-electron chi connectivity index (χ0n) is 10.5. The molecule has 0 aliphatic heterocycles. The maximum atomic E-state index is 9.17. The molecule has 1 N–H and O–H groups in total. The van der Waals surface area contributed by atoms with Crippen molar-refractivity contribution in [2.75, 3.05) is 19.0 Å². The van der Waals surface area contributed by atoms with E-state index in [1.54, 1.807) is 13.2 Å². The fourth-order valence-corrected chi connectivity index (χ4v) is 1.89. The van der Waals surface area contributed by atoms with Gasteiger partial charge in [-0.1, -0.05) is 18.2 Å². The number of pyridine rings is 1. The number of ether oxygens (including phenoxy) is 1. The summed E-state index contributed by atoms with van der Waals surface area (Å²) in [5.41, 5.74) is 1.45. The maximum Gasteiger partial charge on any atom is 0.128 e. The number of nitrogens with one attached hydrogen (secondary N) is 1. The Kier molecular flexibility index (Phi) is 3.75. The van der Waals surface area contributed by atoms with Gasteiger partial charge in [0.05, 0.1) is 23.8 Å². The number of benzene rings is 1. The highest BCUT2D eigenvalue weighted by atomic mass is 16.5. The van der Waals surface area contributed by atoms with Gasteiger partial charge in [-0.05, 0) is 19.1 Å². The molecule has 18 heavy (non-hydrogen) atoms. The zero-order valence-corrected chi connectivity index (χ0v) is 10.5. The van der Waals surface area contributed by atoms with Crippen LogP contribution in [0.5, 0.6) is 0 Å². The predicted molar refractivity (Wildman–Crippen MR) is 71.4 cm³/mol. The van der Waals surface area contributed by atoms with E-state index in [9.17, 15) is 0 Å². The van der Waals surface area contributed by atoms with Gasteiger partial charge in [0, 0.05) is 18.5 Å². The molecule has 1 unspecified atom stereocenters. The minimum Gasteiger partial charge on any atom is -0.383 e. The topological polar surface area (TPSA) is 57.9 Å². The van der Waals surface area contributed by atoms with Crippen molar-refractivity contribution < 1.29 is 4.74 Å². The molecule has 0 aliphatic carbocycles. The molecule has 1 atom stereocenters. The molecule has 0 fully saturated rings. The molecular weight excluding hydrogens is 226 g/mol. The summed E-state index contributed by atoms with van der Waals surface area (Å²) in [6.07, 6.45) is 0. The molecule has 0 bridgehead atoms. The molecule has 0 amide bonds. The summed E-state index contributed by atoms with van der Waals surface area (Å²) >= 11 is 0. The van der Waals surface area contributed by atoms with Gasteiger partial charge in [0.25, 0.3) is 0 Å². The molecule has 2 aromatic rings. The molecule has 1 heterocycles. The van der Waals surface area contributed by atoms with E-state index in [2.05, 4.69) is 16.4 Å². The van der Waals surface area contributed by atoms with Gasteiger partial charge in [0.15, 0.2) is 0 Å². The summed E-state index contributed by atoms with van der Waals surface area (Å²) in [6.45, 7) is 2.60. The fourth-order valence-electron chi connectivity index (χ4n) is 1.89. The first kappa shape index (κ1) is 12.3. The lowest BCUT2D eigenvalue weighted by Crippen LogP contribution is -2.21. The van der Waals surface area contributed by atoms with E-state index in [1.165, 1.54) is 0 Å². The zero-order chi connectivity index (χ0) is 13.0. The molecule has 1 aromatic carbocycles. The van der Waals surface area contributed by atoms with Crippen LogP contribution in [-0.2, 0) is 4.74 Å². The Labute approximate surface area is 106 Å². The minimum absolute atomic E-state index is 0.148. The standard InChI is InChI=1S/C14H15N3O/c1-10(9-18-2)16-14-7-11(8-15)12-5-3-4-6-13(12)17-14/h3-7,10H,9H2,1-2H3,(H,16,17). The van der Waals surface area contributed by atoms with Crippen LogP contribution in [0.3, 0.4) is 0 Å². The SMILES string of the molecule is COCC(C)Nc1cc(C#N)c2ccccc2n1. The van der Waals surface area contributed by atoms with E-state index in [-0.39, 0.29) is 6.04 Å². The number of nitriles is 1. The highest BCUT2D eigenvalue weighted by molar-refractivity contribution is 5.86. The number of hydrogen-bond acceptors (Lipinski definition) is 4. The van der Waals surface area contributed by atoms with Crippen LogP contribution in [0.4, 0.5) is 5.82 Å². The average Bonchev–Trinajstić information content (AvgIpc) is 2.38. The third kappa shape index (κ3) is 2.58. The maximum absolute atomic E-state index is 9.17. The molecule has 0 spiro atoms. The van der Waals surface area contributed by atoms with Crippen LogP contribution in [-0.4, -0.2) is 24.7 Å². The number of methoxy groups -OCH3 is 1. The Balaban J connectivity index is 2.38. The lowest BCUT2D eigenvalue weighted by Gasteiger charge is -2.14. The second-order valence-corrected chi connectivity index (χ2v) is 4.18. The summed E-state index contributed by atoms with van der Waals surface area (Å²) in [5.74, 6) is 0.704. The molecule has 4 heteroatoms. The molecule has 4 nitrogen and oxygen atoms in total. The highest BCUT2D eigenvalue weighted by Crippen LogP contribution is 2.20. The van der Waals surface area contributed by atoms with Gasteiger partial charge in [-0.15, -0.1) is 0 Å². The van der Waals surface area contributed by atoms with Gasteiger partial charge in [-0.2, -0.15) is 5.26 Å². The first-order chi connectivity index (χ1) is 8.74. The quantitative estimate of drug-likeness (QED) is 0.893. The number of anilines is 1. The van der Waals surface area contributed by atoms with Crippen LogP contribution in [0.1, 0.15) is 12.5 Å². The Morgan fingerprint density at radius 1 is 1.44 bits per heavy atom. The van der Waals surface area contributed by atoms with Crippen molar-refractivity contribution in [1.82, 2.24) is 4.98 Å². The Hall–Kier alpha value is -2.12. The van der Waals surface area contributed by atoms with Crippen molar-refractivity contribution >= 4 is 16.7 Å². The van der Waals surface area contributed by atoms with E-state index < -0.39 is 0 Å². The monoisotopic (exact) mass is 241 g/mol. The van der Waals surface area contributed by atoms with E-state index in [1.807, 2.05) is 31.2 Å². The van der Waals surface area contributed by atoms with Gasteiger partial charge in [0.2, 0.25) is 0 Å². The third-order valence-electron chi connectivity index (χ3n) is 2.65. The number of aromatic nitrogens is 1. The van der Waals surface area contributed by atoms with Crippen LogP contribution >= 0.6 is 0 Å². The van der Waals surface area contributed by atoms with Gasteiger partial charge in [-0.25, -0.2) is 4.98 Å². The summed E-state index contributed by atoms with van der Waals surface area (Å²) in [5, 5.41) is 13.3. The lowest BCUT2D eigenvalue weighted by molar-refractivity contribution is 0.190. The minimum atomic E-state index is 0.148. The van der Waals surface area contributed by atoms with Gasteiger partial charge in [0.1, 0.15) is 5.82 Å². The third-order valence-corrected chi connectivity index (χ3v) is 2.65. The van der Waals surface area contributed by atoms with Gasteiger partial charge < -0.3 is 10.1 Å². The Morgan fingerprint density at radius 3 is 2.94 bits per heavy atom. The van der Waals surface area contributed by atoms with E-state index in [0.717, 1.165) is 10.9 Å². The van der Waals surface area contributed by atoms with E-state index in [0.29, 0.717) is 18.0 Å². The molecule has 0 saturated carbocycles. The molecule has 92 valence electrons. The number of rotatable bonds is 4. The van der Waals surface area contributed by atoms with Gasteiger partial charge in [-0.3, -0.25) is 0 Å². The molecular formula is C14H15N3O. The van der Waals surface area contributed by atoms with Crippen molar-refractivity contribution in [3.63, 3.8) is 0 Å². The molecule has 2 rings (SSSR count). The summed E-state index contributed by atoms with van der Waals surface area (Å²) in [6, 6.07) is 11.8. The van der Waals surface area contributed by atoms with Crippen molar-refractivity contribution in [3.05, 3.63) is 35.9 Å². The van der Waals surface area contributed by atoms with Crippen LogP contribution in [0.2, 0.25) is 0 Å². The van der Waals surface area contributed by atoms with Crippen LogP contribution in [0.15, 0.2) is 30.3 Å². The Bertz CT molecular complexity index is 589. The highest BCUT2D eigenvalue weighted by Gasteiger charge is 2.07. The van der Waals surface area contributed by atoms with Crippen molar-refractivity contribution in [2.24, 2.45) is 0 Å². The van der Waals surface area contributed by atoms with Crippen LogP contribution < -0.4 is 5.32 Å². The van der Waals surface area contributed by atoms with E-state index in [4.69, 9.17) is 10.00 Å². The fraction of sp³-hybridized carbons (Fsp3) is 0.286. The number of nitrogens with zero attached hydrogens (tertiary/aromatic N) is 2. The first-order valence-electron chi connectivity index (χ1n) is 5.80. The van der Waals surface area contributed by atoms with E-state index >= 15 is 0 Å². The van der Waals surface area contributed by atoms with Crippen molar-refractivity contribution in [2.45, 2.75) is 13.0 Å². The second kappa shape index (κ2) is 5.48. The molecule has 0 aliphatic rings. The molecule has 0 radical (unpaired) electrons. The van der Waals surface area contributed by atoms with Crippen molar-refractivity contribution in [1.29, 1.82) is 5.26 Å². The number of para-hydroxylation sites is 1. The molecule has 0 saturated heterocycles. The largest absolute Gasteiger partial charge is 0.383 e. The summed E-state index contributed by atoms with van der Waals surface area (Å²) in [7, 11) is 1.66. The molecule has 1 aromatic heterocycles. The van der Waals surface area contributed by atoms with Crippen LogP contribution in [0, 0.1) is 11.3 Å².